The largest absolute Gasteiger partial charge is 0.496 e. The SMILES string of the molecule is COCCOc1ccc(OC)c(C(N)=O)c1. The molecule has 0 bridgehead atoms. The Hall–Kier alpha value is -1.75. The van der Waals surface area contributed by atoms with Crippen LogP contribution in [0.5, 0.6) is 11.5 Å². The Morgan fingerprint density at radius 3 is 2.62 bits per heavy atom. The second kappa shape index (κ2) is 5.97. The lowest BCUT2D eigenvalue weighted by Gasteiger charge is -2.09. The summed E-state index contributed by atoms with van der Waals surface area (Å²) in [6.45, 7) is 0.902. The minimum atomic E-state index is -0.547. The lowest BCUT2D eigenvalue weighted by Crippen LogP contribution is -2.13. The average molecular weight is 225 g/mol. The van der Waals surface area contributed by atoms with Crippen molar-refractivity contribution in [3.8, 4) is 11.5 Å². The summed E-state index contributed by atoms with van der Waals surface area (Å²) in [6.07, 6.45) is 0. The van der Waals surface area contributed by atoms with Gasteiger partial charge in [-0.25, -0.2) is 0 Å². The molecular formula is C11H15NO4. The summed E-state index contributed by atoms with van der Waals surface area (Å²) in [6, 6.07) is 4.90. The first-order chi connectivity index (χ1) is 7.69. The van der Waals surface area contributed by atoms with Crippen LogP contribution in [0.25, 0.3) is 0 Å². The number of nitrogens with two attached hydrogens (primary N) is 1. The molecule has 1 rings (SSSR count). The number of ether oxygens (including phenoxy) is 3. The average Bonchev–Trinajstić information content (AvgIpc) is 2.29. The van der Waals surface area contributed by atoms with Gasteiger partial charge in [0.25, 0.3) is 5.91 Å². The highest BCUT2D eigenvalue weighted by atomic mass is 16.5. The molecule has 0 aliphatic rings. The Labute approximate surface area is 94.1 Å². The van der Waals surface area contributed by atoms with Crippen LogP contribution < -0.4 is 15.2 Å². The number of amides is 1. The summed E-state index contributed by atoms with van der Waals surface area (Å²) in [7, 11) is 3.07. The third-order valence-electron chi connectivity index (χ3n) is 1.99. The van der Waals surface area contributed by atoms with Crippen LogP contribution in [-0.2, 0) is 4.74 Å². The summed E-state index contributed by atoms with van der Waals surface area (Å²) in [5.74, 6) is 0.451. The van der Waals surface area contributed by atoms with E-state index >= 15 is 0 Å². The molecule has 1 amide bonds. The summed E-state index contributed by atoms with van der Waals surface area (Å²) in [5, 5.41) is 0. The predicted molar refractivity (Wildman–Crippen MR) is 58.9 cm³/mol. The van der Waals surface area contributed by atoms with Crippen molar-refractivity contribution in [1.29, 1.82) is 0 Å². The van der Waals surface area contributed by atoms with Gasteiger partial charge < -0.3 is 19.9 Å². The molecule has 88 valence electrons. The number of primary amides is 1. The molecule has 0 atom stereocenters. The van der Waals surface area contributed by atoms with Gasteiger partial charge in [-0.2, -0.15) is 0 Å². The molecule has 0 radical (unpaired) electrons. The van der Waals surface area contributed by atoms with Crippen LogP contribution in [-0.4, -0.2) is 33.3 Å². The Kier molecular flexibility index (Phi) is 4.60. The Bertz CT molecular complexity index is 365. The first kappa shape index (κ1) is 12.3. The minimum Gasteiger partial charge on any atom is -0.496 e. The third kappa shape index (κ3) is 3.13. The van der Waals surface area contributed by atoms with Crippen LogP contribution in [0.1, 0.15) is 10.4 Å². The molecule has 0 unspecified atom stereocenters. The fraction of sp³-hybridized carbons (Fsp3) is 0.364. The molecule has 0 aliphatic carbocycles. The zero-order chi connectivity index (χ0) is 12.0. The monoisotopic (exact) mass is 225 g/mol. The topological polar surface area (TPSA) is 70.8 Å². The highest BCUT2D eigenvalue weighted by molar-refractivity contribution is 5.96. The van der Waals surface area contributed by atoms with E-state index in [2.05, 4.69) is 0 Å². The van der Waals surface area contributed by atoms with Crippen LogP contribution in [0.3, 0.4) is 0 Å². The molecule has 1 aromatic rings. The maximum atomic E-state index is 11.1. The molecule has 5 nitrogen and oxygen atoms in total. The zero-order valence-electron chi connectivity index (χ0n) is 9.36. The van der Waals surface area contributed by atoms with Crippen molar-refractivity contribution in [2.24, 2.45) is 5.73 Å². The van der Waals surface area contributed by atoms with Crippen molar-refractivity contribution >= 4 is 5.91 Å². The van der Waals surface area contributed by atoms with Gasteiger partial charge in [0.15, 0.2) is 0 Å². The Balaban J connectivity index is 2.81. The standard InChI is InChI=1S/C11H15NO4/c1-14-5-6-16-8-3-4-10(15-2)9(7-8)11(12)13/h3-4,7H,5-6H2,1-2H3,(H2,12,13). The molecule has 0 aromatic heterocycles. The fourth-order valence-electron chi connectivity index (χ4n) is 1.21. The maximum Gasteiger partial charge on any atom is 0.252 e. The summed E-state index contributed by atoms with van der Waals surface area (Å²) in [4.78, 5) is 11.1. The van der Waals surface area contributed by atoms with Gasteiger partial charge in [-0.1, -0.05) is 0 Å². The molecule has 5 heteroatoms. The van der Waals surface area contributed by atoms with Crippen molar-refractivity contribution in [3.63, 3.8) is 0 Å². The van der Waals surface area contributed by atoms with Crippen LogP contribution in [0, 0.1) is 0 Å². The van der Waals surface area contributed by atoms with Gasteiger partial charge in [0.05, 0.1) is 19.3 Å². The van der Waals surface area contributed by atoms with Crippen molar-refractivity contribution in [2.75, 3.05) is 27.4 Å². The number of carbonyl (C=O) groups is 1. The number of hydrogen-bond donors (Lipinski definition) is 1. The van der Waals surface area contributed by atoms with Gasteiger partial charge in [-0.3, -0.25) is 4.79 Å². The number of hydrogen-bond acceptors (Lipinski definition) is 4. The van der Waals surface area contributed by atoms with Crippen molar-refractivity contribution in [1.82, 2.24) is 0 Å². The molecule has 16 heavy (non-hydrogen) atoms. The quantitative estimate of drug-likeness (QED) is 0.727. The number of carbonyl (C=O) groups excluding carboxylic acids is 1. The van der Waals surface area contributed by atoms with E-state index in [-0.39, 0.29) is 0 Å². The van der Waals surface area contributed by atoms with Crippen LogP contribution >= 0.6 is 0 Å². The maximum absolute atomic E-state index is 11.1. The first-order valence-corrected chi connectivity index (χ1v) is 4.78. The van der Waals surface area contributed by atoms with Gasteiger partial charge in [0.1, 0.15) is 18.1 Å². The van der Waals surface area contributed by atoms with E-state index in [4.69, 9.17) is 19.9 Å². The normalized spacial score (nSPS) is 9.88. The highest BCUT2D eigenvalue weighted by Crippen LogP contribution is 2.23. The second-order valence-electron chi connectivity index (χ2n) is 3.07. The van der Waals surface area contributed by atoms with Crippen molar-refractivity contribution < 1.29 is 19.0 Å². The van der Waals surface area contributed by atoms with Crippen LogP contribution in [0.15, 0.2) is 18.2 Å². The van der Waals surface area contributed by atoms with E-state index in [1.807, 2.05) is 0 Å². The molecule has 0 fully saturated rings. The van der Waals surface area contributed by atoms with Crippen LogP contribution in [0.4, 0.5) is 0 Å². The second-order valence-corrected chi connectivity index (χ2v) is 3.07. The van der Waals surface area contributed by atoms with Crippen molar-refractivity contribution in [3.05, 3.63) is 23.8 Å². The van der Waals surface area contributed by atoms with Gasteiger partial charge in [-0.05, 0) is 18.2 Å². The number of rotatable bonds is 6. The Morgan fingerprint density at radius 1 is 1.31 bits per heavy atom. The molecule has 0 aliphatic heterocycles. The molecule has 0 spiro atoms. The van der Waals surface area contributed by atoms with E-state index < -0.39 is 5.91 Å². The van der Waals surface area contributed by atoms with Gasteiger partial charge in [0.2, 0.25) is 0 Å². The lowest BCUT2D eigenvalue weighted by atomic mass is 10.2. The summed E-state index contributed by atoms with van der Waals surface area (Å²) < 4.78 is 15.2. The fourth-order valence-corrected chi connectivity index (χ4v) is 1.21. The lowest BCUT2D eigenvalue weighted by molar-refractivity contribution is 0.0996. The zero-order valence-corrected chi connectivity index (χ0v) is 9.36. The minimum absolute atomic E-state index is 0.303. The molecule has 0 saturated heterocycles. The summed E-state index contributed by atoms with van der Waals surface area (Å²) >= 11 is 0. The predicted octanol–water partition coefficient (Wildman–Crippen LogP) is 0.819. The summed E-state index contributed by atoms with van der Waals surface area (Å²) in [5.41, 5.74) is 5.52. The van der Waals surface area contributed by atoms with Crippen molar-refractivity contribution in [2.45, 2.75) is 0 Å². The van der Waals surface area contributed by atoms with E-state index in [1.54, 1.807) is 25.3 Å². The smallest absolute Gasteiger partial charge is 0.252 e. The van der Waals surface area contributed by atoms with Gasteiger partial charge in [-0.15, -0.1) is 0 Å². The van der Waals surface area contributed by atoms with Crippen LogP contribution in [0.2, 0.25) is 0 Å². The molecular weight excluding hydrogens is 210 g/mol. The number of benzene rings is 1. The molecule has 2 N–H and O–H groups in total. The third-order valence-corrected chi connectivity index (χ3v) is 1.99. The number of methoxy groups -OCH3 is 2. The van der Waals surface area contributed by atoms with Gasteiger partial charge >= 0.3 is 0 Å². The van der Waals surface area contributed by atoms with Gasteiger partial charge in [0, 0.05) is 7.11 Å². The highest BCUT2D eigenvalue weighted by Gasteiger charge is 2.10. The molecule has 0 saturated carbocycles. The van der Waals surface area contributed by atoms with E-state index in [1.165, 1.54) is 7.11 Å². The molecule has 0 heterocycles. The first-order valence-electron chi connectivity index (χ1n) is 4.78. The molecule has 1 aromatic carbocycles. The Morgan fingerprint density at radius 2 is 2.06 bits per heavy atom. The van der Waals surface area contributed by atoms with E-state index in [0.717, 1.165) is 0 Å². The van der Waals surface area contributed by atoms with E-state index in [9.17, 15) is 4.79 Å². The van der Waals surface area contributed by atoms with E-state index in [0.29, 0.717) is 30.3 Å².